The van der Waals surface area contributed by atoms with E-state index in [4.69, 9.17) is 9.47 Å². The Balaban J connectivity index is 1.28. The van der Waals surface area contributed by atoms with Gasteiger partial charge in [0.1, 0.15) is 6.10 Å². The largest absolute Gasteiger partial charge is 0.430 e. The summed E-state index contributed by atoms with van der Waals surface area (Å²) in [7, 11) is 0. The predicted molar refractivity (Wildman–Crippen MR) is 128 cm³/mol. The third-order valence-electron chi connectivity index (χ3n) is 11.5. The van der Waals surface area contributed by atoms with E-state index in [2.05, 4.69) is 34.6 Å². The molecule has 1 saturated heterocycles. The lowest BCUT2D eigenvalue weighted by atomic mass is 9.44. The molecule has 1 heterocycles. The Bertz CT molecular complexity index is 732. The summed E-state index contributed by atoms with van der Waals surface area (Å²) in [5, 5.41) is 0. The monoisotopic (exact) mass is 444 g/mol. The van der Waals surface area contributed by atoms with Gasteiger partial charge in [-0.2, -0.15) is 0 Å². The predicted octanol–water partition coefficient (Wildman–Crippen LogP) is 7.38. The maximum Gasteiger partial charge on any atom is 0.305 e. The number of rotatable bonds is 6. The van der Waals surface area contributed by atoms with Gasteiger partial charge in [0.2, 0.25) is 5.79 Å². The highest BCUT2D eigenvalue weighted by atomic mass is 16.8. The van der Waals surface area contributed by atoms with E-state index in [1.165, 1.54) is 64.7 Å². The Morgan fingerprint density at radius 1 is 0.969 bits per heavy atom. The highest BCUT2D eigenvalue weighted by molar-refractivity contribution is 5.66. The topological polar surface area (TPSA) is 38.8 Å². The molecule has 5 aliphatic rings. The molecule has 5 fully saturated rings. The zero-order valence-electron chi connectivity index (χ0n) is 21.6. The maximum absolute atomic E-state index is 11.7. The summed E-state index contributed by atoms with van der Waals surface area (Å²) < 4.78 is 11.8. The first kappa shape index (κ1) is 23.2. The fourth-order valence-electron chi connectivity index (χ4n) is 9.91. The number of carbonyl (C=O) groups excluding carboxylic acids is 1. The van der Waals surface area contributed by atoms with Gasteiger partial charge in [-0.25, -0.2) is 0 Å². The van der Waals surface area contributed by atoms with Crippen LogP contribution in [0.4, 0.5) is 0 Å². The lowest BCUT2D eigenvalue weighted by molar-refractivity contribution is -0.168. The van der Waals surface area contributed by atoms with Crippen LogP contribution in [0.1, 0.15) is 112 Å². The van der Waals surface area contributed by atoms with Crippen molar-refractivity contribution in [2.24, 2.45) is 52.3 Å². The summed E-state index contributed by atoms with van der Waals surface area (Å²) in [6.07, 6.45) is 14.9. The van der Waals surface area contributed by atoms with Gasteiger partial charge in [0.25, 0.3) is 0 Å². The average Bonchev–Trinajstić information content (AvgIpc) is 3.23. The third-order valence-corrected chi connectivity index (χ3v) is 11.5. The summed E-state index contributed by atoms with van der Waals surface area (Å²) in [5.41, 5.74) is 0.934. The Morgan fingerprint density at radius 3 is 2.44 bits per heavy atom. The summed E-state index contributed by atoms with van der Waals surface area (Å²) in [5.74, 6) is 5.23. The molecular weight excluding hydrogens is 396 g/mol. The quantitative estimate of drug-likeness (QED) is 0.317. The van der Waals surface area contributed by atoms with E-state index >= 15 is 0 Å². The molecule has 10 atom stereocenters. The molecule has 0 aromatic carbocycles. The lowest BCUT2D eigenvalue weighted by Crippen LogP contribution is -2.55. The van der Waals surface area contributed by atoms with Crippen LogP contribution >= 0.6 is 0 Å². The molecule has 0 aromatic rings. The summed E-state index contributed by atoms with van der Waals surface area (Å²) in [6.45, 7) is 14.1. The third kappa shape index (κ3) is 3.59. The Kier molecular flexibility index (Phi) is 5.79. The molecule has 3 heteroatoms. The molecule has 0 unspecified atom stereocenters. The van der Waals surface area contributed by atoms with E-state index in [0.717, 1.165) is 48.3 Å². The molecule has 32 heavy (non-hydrogen) atoms. The number of epoxide rings is 1. The van der Waals surface area contributed by atoms with Crippen molar-refractivity contribution in [3.05, 3.63) is 0 Å². The number of hydrogen-bond donors (Lipinski definition) is 0. The molecule has 0 amide bonds. The van der Waals surface area contributed by atoms with Gasteiger partial charge in [0.15, 0.2) is 0 Å². The molecule has 0 radical (unpaired) electrons. The maximum atomic E-state index is 11.7. The van der Waals surface area contributed by atoms with Crippen LogP contribution in [0.5, 0.6) is 0 Å². The van der Waals surface area contributed by atoms with Crippen molar-refractivity contribution in [2.45, 2.75) is 124 Å². The summed E-state index contributed by atoms with van der Waals surface area (Å²) >= 11 is 0. The molecule has 4 saturated carbocycles. The molecule has 0 bridgehead atoms. The number of esters is 1. The molecule has 1 aliphatic heterocycles. The van der Waals surface area contributed by atoms with E-state index in [0.29, 0.717) is 16.7 Å². The number of carbonyl (C=O) groups is 1. The van der Waals surface area contributed by atoms with Gasteiger partial charge in [-0.1, -0.05) is 53.9 Å². The van der Waals surface area contributed by atoms with E-state index in [-0.39, 0.29) is 12.1 Å². The fraction of sp³-hybridized carbons (Fsp3) is 0.966. The minimum atomic E-state index is -0.560. The zero-order valence-corrected chi connectivity index (χ0v) is 21.6. The first-order valence-corrected chi connectivity index (χ1v) is 14.0. The zero-order chi connectivity index (χ0) is 22.9. The van der Waals surface area contributed by atoms with Crippen LogP contribution in [0.2, 0.25) is 0 Å². The minimum Gasteiger partial charge on any atom is -0.430 e. The van der Waals surface area contributed by atoms with Gasteiger partial charge < -0.3 is 9.47 Å². The van der Waals surface area contributed by atoms with E-state index in [9.17, 15) is 4.79 Å². The second-order valence-corrected chi connectivity index (χ2v) is 13.6. The van der Waals surface area contributed by atoms with Gasteiger partial charge in [0, 0.05) is 13.3 Å². The molecule has 0 aromatic heterocycles. The molecule has 0 spiro atoms. The number of hydrogen-bond acceptors (Lipinski definition) is 3. The van der Waals surface area contributed by atoms with Crippen molar-refractivity contribution >= 4 is 5.97 Å². The minimum absolute atomic E-state index is 0.150. The van der Waals surface area contributed by atoms with Crippen molar-refractivity contribution in [1.82, 2.24) is 0 Å². The molecule has 0 N–H and O–H groups in total. The highest BCUT2D eigenvalue weighted by Crippen LogP contribution is 2.71. The first-order chi connectivity index (χ1) is 15.1. The van der Waals surface area contributed by atoms with E-state index in [1.807, 2.05) is 0 Å². The Morgan fingerprint density at radius 2 is 1.72 bits per heavy atom. The van der Waals surface area contributed by atoms with Crippen LogP contribution in [0.3, 0.4) is 0 Å². The SMILES string of the molecule is CC(=O)O[C@@]12C[C@H]3CC[C@@H]4[C@H](CC[C@]5(C)[C@@H]([C@@H](C)CCCC(C)C)CC[C@@H]45)[C@@]3(C)C[C@H]1O2. The van der Waals surface area contributed by atoms with Crippen molar-refractivity contribution in [2.75, 3.05) is 0 Å². The molecular formula is C29H48O3. The summed E-state index contributed by atoms with van der Waals surface area (Å²) in [4.78, 5) is 11.7. The second-order valence-electron chi connectivity index (χ2n) is 13.6. The van der Waals surface area contributed by atoms with Crippen LogP contribution in [0.25, 0.3) is 0 Å². The van der Waals surface area contributed by atoms with Crippen molar-refractivity contribution in [1.29, 1.82) is 0 Å². The van der Waals surface area contributed by atoms with Gasteiger partial charge in [-0.15, -0.1) is 0 Å². The lowest BCUT2D eigenvalue weighted by Gasteiger charge is -2.60. The van der Waals surface area contributed by atoms with Crippen LogP contribution in [0.15, 0.2) is 0 Å². The molecule has 3 nitrogen and oxygen atoms in total. The van der Waals surface area contributed by atoms with Gasteiger partial charge in [-0.05, 0) is 97.2 Å². The molecule has 182 valence electrons. The average molecular weight is 445 g/mol. The molecule has 4 aliphatic carbocycles. The van der Waals surface area contributed by atoms with Crippen molar-refractivity contribution in [3.8, 4) is 0 Å². The van der Waals surface area contributed by atoms with Gasteiger partial charge in [-0.3, -0.25) is 4.79 Å². The normalized spacial score (nSPS) is 50.1. The number of fused-ring (bicyclic) bond motifs is 6. The van der Waals surface area contributed by atoms with E-state index < -0.39 is 5.79 Å². The van der Waals surface area contributed by atoms with Gasteiger partial charge >= 0.3 is 5.97 Å². The van der Waals surface area contributed by atoms with Crippen molar-refractivity contribution < 1.29 is 14.3 Å². The van der Waals surface area contributed by atoms with Gasteiger partial charge in [0.05, 0.1) is 0 Å². The standard InChI is InChI=1S/C29H48O3/c1-18(2)8-7-9-19(3)23-12-13-24-22-11-10-21-16-29(31-20(4)30)26(32-29)17-28(21,6)25(22)14-15-27(23,24)5/h18-19,21-26H,7-17H2,1-6H3/t19-,21+,22-,23+,24-,25-,26+,27+,28-,29+/m0/s1. The smallest absolute Gasteiger partial charge is 0.305 e. The van der Waals surface area contributed by atoms with Crippen LogP contribution in [-0.4, -0.2) is 17.9 Å². The van der Waals surface area contributed by atoms with Crippen LogP contribution in [-0.2, 0) is 14.3 Å². The van der Waals surface area contributed by atoms with E-state index in [1.54, 1.807) is 0 Å². The first-order valence-electron chi connectivity index (χ1n) is 14.0. The van der Waals surface area contributed by atoms with Crippen molar-refractivity contribution in [3.63, 3.8) is 0 Å². The van der Waals surface area contributed by atoms with Crippen LogP contribution < -0.4 is 0 Å². The highest BCUT2D eigenvalue weighted by Gasteiger charge is 2.71. The fourth-order valence-corrected chi connectivity index (χ4v) is 9.91. The second kappa shape index (κ2) is 7.99. The summed E-state index contributed by atoms with van der Waals surface area (Å²) in [6, 6.07) is 0. The molecule has 5 rings (SSSR count). The Labute approximate surface area is 196 Å². The van der Waals surface area contributed by atoms with Crippen LogP contribution in [0, 0.1) is 52.3 Å². The Hall–Kier alpha value is -0.570. The number of ether oxygens (including phenoxy) is 2.